The van der Waals surface area contributed by atoms with Crippen molar-refractivity contribution in [2.45, 2.75) is 40.3 Å². The molecular weight excluding hydrogens is 228 g/mol. The number of hydrogen-bond acceptors (Lipinski definition) is 4. The van der Waals surface area contributed by atoms with Gasteiger partial charge in [0.1, 0.15) is 5.82 Å². The second kappa shape index (κ2) is 4.86. The van der Waals surface area contributed by atoms with Crippen molar-refractivity contribution in [3.63, 3.8) is 0 Å². The Hall–Kier alpha value is -1.75. The third-order valence-corrected chi connectivity index (χ3v) is 2.70. The number of nitrogens with zero attached hydrogens (tertiary/aromatic N) is 4. The second-order valence-corrected chi connectivity index (χ2v) is 4.65. The van der Waals surface area contributed by atoms with Crippen molar-refractivity contribution in [1.82, 2.24) is 19.7 Å². The van der Waals surface area contributed by atoms with Crippen LogP contribution in [0, 0.1) is 20.8 Å². The van der Waals surface area contributed by atoms with Gasteiger partial charge in [0.2, 0.25) is 0 Å². The smallest absolute Gasteiger partial charge is 0.160 e. The summed E-state index contributed by atoms with van der Waals surface area (Å²) in [5.74, 6) is 1.46. The molecule has 0 radical (unpaired) electrons. The minimum atomic E-state index is -0.455. The molecule has 18 heavy (non-hydrogen) atoms. The first-order chi connectivity index (χ1) is 8.47. The van der Waals surface area contributed by atoms with Crippen LogP contribution in [0.25, 0.3) is 11.4 Å². The minimum absolute atomic E-state index is 0.434. The van der Waals surface area contributed by atoms with E-state index >= 15 is 0 Å². The van der Waals surface area contributed by atoms with Gasteiger partial charge in [0.05, 0.1) is 12.6 Å². The number of rotatable bonds is 3. The van der Waals surface area contributed by atoms with Crippen molar-refractivity contribution in [2.75, 3.05) is 0 Å². The monoisotopic (exact) mass is 246 g/mol. The molecule has 0 aromatic carbocycles. The summed E-state index contributed by atoms with van der Waals surface area (Å²) in [6.07, 6.45) is 1.36. The van der Waals surface area contributed by atoms with E-state index in [-0.39, 0.29) is 0 Å². The molecule has 0 saturated heterocycles. The zero-order valence-electron chi connectivity index (χ0n) is 11.2. The Morgan fingerprint density at radius 3 is 2.67 bits per heavy atom. The molecule has 1 atom stereocenters. The zero-order valence-corrected chi connectivity index (χ0v) is 11.2. The molecule has 2 aromatic rings. The highest BCUT2D eigenvalue weighted by molar-refractivity contribution is 5.59. The van der Waals surface area contributed by atoms with Crippen molar-refractivity contribution < 1.29 is 5.11 Å². The second-order valence-electron chi connectivity index (χ2n) is 4.65. The van der Waals surface area contributed by atoms with Gasteiger partial charge < -0.3 is 5.11 Å². The van der Waals surface area contributed by atoms with Crippen LogP contribution in [-0.2, 0) is 6.54 Å². The van der Waals surface area contributed by atoms with Gasteiger partial charge in [-0.15, -0.1) is 0 Å². The van der Waals surface area contributed by atoms with Gasteiger partial charge in [-0.1, -0.05) is 0 Å². The normalized spacial score (nSPS) is 12.7. The van der Waals surface area contributed by atoms with E-state index in [1.54, 1.807) is 11.6 Å². The highest BCUT2D eigenvalue weighted by atomic mass is 16.3. The van der Waals surface area contributed by atoms with Crippen molar-refractivity contribution in [3.05, 3.63) is 29.3 Å². The summed E-state index contributed by atoms with van der Waals surface area (Å²) in [5.41, 5.74) is 3.05. The molecule has 0 bridgehead atoms. The number of pyridine rings is 1. The van der Waals surface area contributed by atoms with Crippen LogP contribution >= 0.6 is 0 Å². The van der Waals surface area contributed by atoms with Crippen LogP contribution < -0.4 is 0 Å². The molecule has 0 aliphatic heterocycles. The molecule has 2 rings (SSSR count). The molecule has 2 aromatic heterocycles. The Morgan fingerprint density at radius 1 is 1.33 bits per heavy atom. The Kier molecular flexibility index (Phi) is 3.43. The summed E-state index contributed by atoms with van der Waals surface area (Å²) in [5, 5.41) is 13.8. The Bertz CT molecular complexity index is 560. The molecule has 0 spiro atoms. The van der Waals surface area contributed by atoms with E-state index in [1.165, 1.54) is 0 Å². The third-order valence-electron chi connectivity index (χ3n) is 2.70. The first kappa shape index (κ1) is 12.7. The largest absolute Gasteiger partial charge is 0.391 e. The quantitative estimate of drug-likeness (QED) is 0.894. The van der Waals surface area contributed by atoms with Gasteiger partial charge in [0.25, 0.3) is 0 Å². The summed E-state index contributed by atoms with van der Waals surface area (Å²) >= 11 is 0. The maximum atomic E-state index is 9.50. The Morgan fingerprint density at radius 2 is 2.06 bits per heavy atom. The lowest BCUT2D eigenvalue weighted by molar-refractivity contribution is 0.169. The van der Waals surface area contributed by atoms with Gasteiger partial charge in [0.15, 0.2) is 5.82 Å². The summed E-state index contributed by atoms with van der Waals surface area (Å²) in [4.78, 5) is 8.73. The van der Waals surface area contributed by atoms with Gasteiger partial charge in [-0.05, 0) is 39.3 Å². The number of aliphatic hydroxyl groups is 1. The number of aliphatic hydroxyl groups excluding tert-OH is 1. The standard InChI is InChI=1S/C13H18N4O/c1-8-5-9(2)14-6-12(8)13-15-11(4)16-17(13)7-10(3)18/h5-6,10,18H,7H2,1-4H3. The molecule has 0 aliphatic rings. The van der Waals surface area contributed by atoms with Crippen molar-refractivity contribution in [3.8, 4) is 11.4 Å². The van der Waals surface area contributed by atoms with Crippen molar-refractivity contribution in [2.24, 2.45) is 0 Å². The highest BCUT2D eigenvalue weighted by Crippen LogP contribution is 2.21. The number of aromatic nitrogens is 4. The van der Waals surface area contributed by atoms with E-state index in [0.29, 0.717) is 12.4 Å². The lowest BCUT2D eigenvalue weighted by Gasteiger charge is -2.09. The van der Waals surface area contributed by atoms with Crippen LogP contribution in [0.4, 0.5) is 0 Å². The summed E-state index contributed by atoms with van der Waals surface area (Å²) in [6.45, 7) is 8.01. The van der Waals surface area contributed by atoms with Crippen molar-refractivity contribution >= 4 is 0 Å². The SMILES string of the molecule is Cc1cc(C)c(-c2nc(C)nn2CC(C)O)cn1. The van der Waals surface area contributed by atoms with Crippen LogP contribution in [-0.4, -0.2) is 31.0 Å². The lowest BCUT2D eigenvalue weighted by atomic mass is 10.1. The van der Waals surface area contributed by atoms with Crippen LogP contribution in [0.2, 0.25) is 0 Å². The Labute approximate surface area is 107 Å². The van der Waals surface area contributed by atoms with Gasteiger partial charge in [-0.3, -0.25) is 4.98 Å². The van der Waals surface area contributed by atoms with E-state index in [0.717, 1.165) is 22.6 Å². The molecule has 5 heteroatoms. The molecule has 0 aliphatic carbocycles. The Balaban J connectivity index is 2.49. The highest BCUT2D eigenvalue weighted by Gasteiger charge is 2.14. The predicted octanol–water partition coefficient (Wildman–Crippen LogP) is 1.65. The van der Waals surface area contributed by atoms with E-state index < -0.39 is 6.10 Å². The summed E-state index contributed by atoms with van der Waals surface area (Å²) < 4.78 is 1.74. The molecule has 1 unspecified atom stereocenters. The van der Waals surface area contributed by atoms with Gasteiger partial charge in [-0.2, -0.15) is 5.10 Å². The lowest BCUT2D eigenvalue weighted by Crippen LogP contribution is -2.14. The van der Waals surface area contributed by atoms with Gasteiger partial charge >= 0.3 is 0 Å². The fourth-order valence-electron chi connectivity index (χ4n) is 1.96. The predicted molar refractivity (Wildman–Crippen MR) is 69.1 cm³/mol. The topological polar surface area (TPSA) is 63.8 Å². The third kappa shape index (κ3) is 2.56. The first-order valence-electron chi connectivity index (χ1n) is 6.00. The molecule has 0 saturated carbocycles. The van der Waals surface area contributed by atoms with E-state index in [9.17, 15) is 5.11 Å². The first-order valence-corrected chi connectivity index (χ1v) is 6.00. The van der Waals surface area contributed by atoms with Crippen LogP contribution in [0.5, 0.6) is 0 Å². The molecular formula is C13H18N4O. The average molecular weight is 246 g/mol. The van der Waals surface area contributed by atoms with Gasteiger partial charge in [0, 0.05) is 17.5 Å². The molecule has 96 valence electrons. The zero-order chi connectivity index (χ0) is 13.3. The number of hydrogen-bond donors (Lipinski definition) is 1. The molecule has 2 heterocycles. The summed E-state index contributed by atoms with van der Waals surface area (Å²) in [6, 6.07) is 2.02. The fraction of sp³-hybridized carbons (Fsp3) is 0.462. The number of aryl methyl sites for hydroxylation is 3. The summed E-state index contributed by atoms with van der Waals surface area (Å²) in [7, 11) is 0. The van der Waals surface area contributed by atoms with Crippen LogP contribution in [0.1, 0.15) is 24.0 Å². The van der Waals surface area contributed by atoms with E-state index in [2.05, 4.69) is 15.1 Å². The molecule has 0 fully saturated rings. The average Bonchev–Trinajstić information content (AvgIpc) is 2.58. The van der Waals surface area contributed by atoms with Crippen LogP contribution in [0.3, 0.4) is 0 Å². The van der Waals surface area contributed by atoms with Crippen molar-refractivity contribution in [1.29, 1.82) is 0 Å². The molecule has 1 N–H and O–H groups in total. The van der Waals surface area contributed by atoms with E-state index in [4.69, 9.17) is 0 Å². The van der Waals surface area contributed by atoms with Crippen LogP contribution in [0.15, 0.2) is 12.3 Å². The maximum Gasteiger partial charge on any atom is 0.160 e. The fourth-order valence-corrected chi connectivity index (χ4v) is 1.96. The molecule has 0 amide bonds. The molecule has 5 nitrogen and oxygen atoms in total. The minimum Gasteiger partial charge on any atom is -0.391 e. The van der Waals surface area contributed by atoms with Gasteiger partial charge in [-0.25, -0.2) is 9.67 Å². The maximum absolute atomic E-state index is 9.50. The van der Waals surface area contributed by atoms with E-state index in [1.807, 2.05) is 33.0 Å².